The van der Waals surface area contributed by atoms with Gasteiger partial charge in [0.15, 0.2) is 9.84 Å². The Morgan fingerprint density at radius 1 is 1.41 bits per heavy atom. The van der Waals surface area contributed by atoms with E-state index >= 15 is 0 Å². The van der Waals surface area contributed by atoms with Crippen molar-refractivity contribution in [3.05, 3.63) is 4.88 Å². The van der Waals surface area contributed by atoms with Crippen LogP contribution in [0.25, 0.3) is 0 Å². The molecule has 1 amide bonds. The molecule has 1 aromatic heterocycles. The Balaban J connectivity index is 3.63. The van der Waals surface area contributed by atoms with Crippen molar-refractivity contribution < 1.29 is 13.2 Å². The lowest BCUT2D eigenvalue weighted by atomic mass is 10.4. The molecule has 6 nitrogen and oxygen atoms in total. The summed E-state index contributed by atoms with van der Waals surface area (Å²) in [7, 11) is -0.111. The van der Waals surface area contributed by atoms with Gasteiger partial charge in [0.25, 0.3) is 5.91 Å². The Bertz CT molecular complexity index is 546. The minimum Gasteiger partial charge on any atom is -0.396 e. The van der Waals surface area contributed by atoms with Crippen LogP contribution in [0.15, 0.2) is 4.90 Å². The fraction of sp³-hybridized carbons (Fsp3) is 0.444. The molecule has 0 saturated heterocycles. The highest BCUT2D eigenvalue weighted by molar-refractivity contribution is 7.91. The number of thiophene rings is 1. The topological polar surface area (TPSA) is 106 Å². The summed E-state index contributed by atoms with van der Waals surface area (Å²) in [5.74, 6) is -0.791. The zero-order chi connectivity index (χ0) is 13.4. The molecule has 0 aliphatic heterocycles. The zero-order valence-electron chi connectivity index (χ0n) is 9.85. The van der Waals surface area contributed by atoms with Crippen molar-refractivity contribution in [1.29, 1.82) is 0 Å². The van der Waals surface area contributed by atoms with Gasteiger partial charge in [-0.05, 0) is 0 Å². The molecule has 0 radical (unpaired) electrons. The standard InChI is InChI=1S/C9H15N3O3S2/c1-4-17(14,15)7-5(10)6(8(11)13)16-9(7)12(2)3/h4,10H2,1-3H3,(H2,11,13). The Kier molecular flexibility index (Phi) is 3.68. The summed E-state index contributed by atoms with van der Waals surface area (Å²) in [6.45, 7) is 1.52. The fourth-order valence-corrected chi connectivity index (χ4v) is 3.97. The van der Waals surface area contributed by atoms with E-state index in [4.69, 9.17) is 11.5 Å². The van der Waals surface area contributed by atoms with Crippen LogP contribution in [0.2, 0.25) is 0 Å². The van der Waals surface area contributed by atoms with Crippen LogP contribution in [0.3, 0.4) is 0 Å². The van der Waals surface area contributed by atoms with Crippen molar-refractivity contribution in [2.75, 3.05) is 30.5 Å². The first-order valence-electron chi connectivity index (χ1n) is 4.84. The van der Waals surface area contributed by atoms with Crippen LogP contribution in [0.1, 0.15) is 16.6 Å². The van der Waals surface area contributed by atoms with Crippen molar-refractivity contribution in [1.82, 2.24) is 0 Å². The molecule has 0 spiro atoms. The highest BCUT2D eigenvalue weighted by Crippen LogP contribution is 2.40. The van der Waals surface area contributed by atoms with E-state index in [0.717, 1.165) is 11.3 Å². The monoisotopic (exact) mass is 277 g/mol. The predicted molar refractivity (Wildman–Crippen MR) is 69.3 cm³/mol. The maximum Gasteiger partial charge on any atom is 0.261 e. The third-order valence-electron chi connectivity index (χ3n) is 2.20. The number of nitrogen functional groups attached to an aromatic ring is 1. The fourth-order valence-electron chi connectivity index (χ4n) is 1.34. The molecule has 1 rings (SSSR count). The van der Waals surface area contributed by atoms with Crippen molar-refractivity contribution in [2.24, 2.45) is 5.73 Å². The average molecular weight is 277 g/mol. The molecule has 0 aliphatic carbocycles. The lowest BCUT2D eigenvalue weighted by Crippen LogP contribution is -2.14. The molecular formula is C9H15N3O3S2. The summed E-state index contributed by atoms with van der Waals surface area (Å²) < 4.78 is 23.9. The molecule has 0 atom stereocenters. The summed E-state index contributed by atoms with van der Waals surface area (Å²) in [4.78, 5) is 12.9. The van der Waals surface area contributed by atoms with Gasteiger partial charge in [0.2, 0.25) is 0 Å². The van der Waals surface area contributed by atoms with E-state index in [0.29, 0.717) is 5.00 Å². The van der Waals surface area contributed by atoms with Gasteiger partial charge in [-0.15, -0.1) is 11.3 Å². The summed E-state index contributed by atoms with van der Waals surface area (Å²) in [6, 6.07) is 0. The van der Waals surface area contributed by atoms with Crippen molar-refractivity contribution in [2.45, 2.75) is 11.8 Å². The molecule has 0 aliphatic rings. The lowest BCUT2D eigenvalue weighted by Gasteiger charge is -2.12. The first-order chi connectivity index (χ1) is 7.72. The van der Waals surface area contributed by atoms with Crippen LogP contribution in [0.5, 0.6) is 0 Å². The molecule has 0 aromatic carbocycles. The van der Waals surface area contributed by atoms with Crippen LogP contribution >= 0.6 is 11.3 Å². The zero-order valence-corrected chi connectivity index (χ0v) is 11.5. The quantitative estimate of drug-likeness (QED) is 0.822. The van der Waals surface area contributed by atoms with Gasteiger partial charge in [-0.1, -0.05) is 6.92 Å². The second-order valence-electron chi connectivity index (χ2n) is 3.64. The molecule has 1 heterocycles. The molecule has 96 valence electrons. The number of anilines is 2. The maximum atomic E-state index is 11.9. The number of carbonyl (C=O) groups excluding carboxylic acids is 1. The Morgan fingerprint density at radius 2 is 1.94 bits per heavy atom. The normalized spacial score (nSPS) is 11.5. The number of carbonyl (C=O) groups is 1. The van der Waals surface area contributed by atoms with E-state index in [2.05, 4.69) is 0 Å². The molecule has 17 heavy (non-hydrogen) atoms. The molecule has 0 bridgehead atoms. The average Bonchev–Trinajstić information content (AvgIpc) is 2.56. The van der Waals surface area contributed by atoms with Crippen molar-refractivity contribution >= 4 is 37.8 Å². The van der Waals surface area contributed by atoms with Gasteiger partial charge in [0.05, 0.1) is 11.4 Å². The van der Waals surface area contributed by atoms with Crippen LogP contribution in [-0.2, 0) is 9.84 Å². The molecule has 1 aromatic rings. The number of primary amides is 1. The lowest BCUT2D eigenvalue weighted by molar-refractivity contribution is 0.100. The molecular weight excluding hydrogens is 262 g/mol. The van der Waals surface area contributed by atoms with E-state index in [9.17, 15) is 13.2 Å². The van der Waals surface area contributed by atoms with Gasteiger partial charge in [0, 0.05) is 14.1 Å². The van der Waals surface area contributed by atoms with Gasteiger partial charge in [0.1, 0.15) is 14.8 Å². The van der Waals surface area contributed by atoms with Gasteiger partial charge in [-0.2, -0.15) is 0 Å². The van der Waals surface area contributed by atoms with Crippen molar-refractivity contribution in [3.8, 4) is 0 Å². The van der Waals surface area contributed by atoms with E-state index in [1.165, 1.54) is 6.92 Å². The third-order valence-corrected chi connectivity index (χ3v) is 5.52. The van der Waals surface area contributed by atoms with Crippen molar-refractivity contribution in [3.63, 3.8) is 0 Å². The number of nitrogens with two attached hydrogens (primary N) is 2. The SMILES string of the molecule is CCS(=O)(=O)c1c(N(C)C)sc(C(N)=O)c1N. The number of nitrogens with zero attached hydrogens (tertiary/aromatic N) is 1. The van der Waals surface area contributed by atoms with E-state index < -0.39 is 15.7 Å². The van der Waals surface area contributed by atoms with E-state index in [-0.39, 0.29) is 21.2 Å². The largest absolute Gasteiger partial charge is 0.396 e. The van der Waals surface area contributed by atoms with Gasteiger partial charge >= 0.3 is 0 Å². The number of sulfone groups is 1. The van der Waals surface area contributed by atoms with Crippen LogP contribution < -0.4 is 16.4 Å². The van der Waals surface area contributed by atoms with Crippen LogP contribution in [0, 0.1) is 0 Å². The summed E-state index contributed by atoms with van der Waals surface area (Å²) in [5, 5.41) is 0.429. The predicted octanol–water partition coefficient (Wildman–Crippen LogP) is 0.289. The highest BCUT2D eigenvalue weighted by atomic mass is 32.2. The molecule has 0 saturated carbocycles. The first-order valence-corrected chi connectivity index (χ1v) is 7.31. The number of rotatable bonds is 4. The first kappa shape index (κ1) is 13.8. The number of hydrogen-bond donors (Lipinski definition) is 2. The molecule has 0 fully saturated rings. The second kappa shape index (κ2) is 4.53. The van der Waals surface area contributed by atoms with E-state index in [1.807, 2.05) is 0 Å². The highest BCUT2D eigenvalue weighted by Gasteiger charge is 2.28. The summed E-state index contributed by atoms with van der Waals surface area (Å²) in [6.07, 6.45) is 0. The molecule has 8 heteroatoms. The summed E-state index contributed by atoms with van der Waals surface area (Å²) in [5.41, 5.74) is 10.8. The molecule has 0 unspecified atom stereocenters. The number of hydrogen-bond acceptors (Lipinski definition) is 6. The third kappa shape index (κ3) is 2.37. The smallest absolute Gasteiger partial charge is 0.261 e. The summed E-state index contributed by atoms with van der Waals surface area (Å²) >= 11 is 0.992. The number of amides is 1. The molecule has 4 N–H and O–H groups in total. The minimum atomic E-state index is -3.48. The minimum absolute atomic E-state index is 0.00352. The van der Waals surface area contributed by atoms with Crippen LogP contribution in [-0.4, -0.2) is 34.2 Å². The van der Waals surface area contributed by atoms with Gasteiger partial charge < -0.3 is 16.4 Å². The van der Waals surface area contributed by atoms with Gasteiger partial charge in [-0.3, -0.25) is 4.79 Å². The Labute approximate surface area is 104 Å². The maximum absolute atomic E-state index is 11.9. The van der Waals surface area contributed by atoms with Gasteiger partial charge in [-0.25, -0.2) is 8.42 Å². The van der Waals surface area contributed by atoms with Crippen LogP contribution in [0.4, 0.5) is 10.7 Å². The second-order valence-corrected chi connectivity index (χ2v) is 6.86. The Morgan fingerprint density at radius 3 is 2.29 bits per heavy atom. The van der Waals surface area contributed by atoms with E-state index in [1.54, 1.807) is 19.0 Å². The Hall–Kier alpha value is -1.28.